The number of ketones is 1. The fourth-order valence-electron chi connectivity index (χ4n) is 3.23. The summed E-state index contributed by atoms with van der Waals surface area (Å²) in [5, 5.41) is 8.50. The largest absolute Gasteiger partial charge is 0.448 e. The first kappa shape index (κ1) is 19.8. The van der Waals surface area contributed by atoms with Gasteiger partial charge in [-0.2, -0.15) is 0 Å². The van der Waals surface area contributed by atoms with Gasteiger partial charge in [-0.05, 0) is 36.8 Å². The van der Waals surface area contributed by atoms with Crippen LogP contribution in [-0.2, 0) is 11.3 Å². The highest BCUT2D eigenvalue weighted by Gasteiger charge is 2.28. The van der Waals surface area contributed by atoms with Crippen molar-refractivity contribution in [3.63, 3.8) is 0 Å². The molecule has 0 saturated carbocycles. The summed E-state index contributed by atoms with van der Waals surface area (Å²) in [6.45, 7) is 1.87. The van der Waals surface area contributed by atoms with E-state index in [2.05, 4.69) is 10.3 Å². The zero-order chi connectivity index (χ0) is 21.1. The van der Waals surface area contributed by atoms with Crippen molar-refractivity contribution in [3.8, 4) is 0 Å². The number of para-hydroxylation sites is 1. The molecular weight excluding hydrogens is 402 g/mol. The predicted molar refractivity (Wildman–Crippen MR) is 114 cm³/mol. The molecule has 0 saturated heterocycles. The summed E-state index contributed by atoms with van der Waals surface area (Å²) >= 11 is 6.13. The van der Waals surface area contributed by atoms with Gasteiger partial charge in [0.15, 0.2) is 6.10 Å². The van der Waals surface area contributed by atoms with Gasteiger partial charge in [0, 0.05) is 5.56 Å². The highest BCUT2D eigenvalue weighted by atomic mass is 35.5. The second-order valence-corrected chi connectivity index (χ2v) is 7.22. The minimum Gasteiger partial charge on any atom is -0.448 e. The SMILES string of the molecule is Cc1ccccc1C(=O)C(Cn1nnc2ccccc21)OC(=O)c1ccccc1Cl. The summed E-state index contributed by atoms with van der Waals surface area (Å²) in [7, 11) is 0. The van der Waals surface area contributed by atoms with Crippen LogP contribution in [0.15, 0.2) is 72.8 Å². The van der Waals surface area contributed by atoms with Crippen molar-refractivity contribution >= 4 is 34.4 Å². The van der Waals surface area contributed by atoms with Crippen molar-refractivity contribution in [2.75, 3.05) is 0 Å². The fourth-order valence-corrected chi connectivity index (χ4v) is 3.44. The Morgan fingerprint density at radius 3 is 2.40 bits per heavy atom. The van der Waals surface area contributed by atoms with E-state index in [4.69, 9.17) is 16.3 Å². The Kier molecular flexibility index (Phi) is 5.59. The van der Waals surface area contributed by atoms with Crippen molar-refractivity contribution in [2.45, 2.75) is 19.6 Å². The maximum atomic E-state index is 13.3. The molecule has 0 aliphatic heterocycles. The van der Waals surface area contributed by atoms with Crippen molar-refractivity contribution in [1.82, 2.24) is 15.0 Å². The monoisotopic (exact) mass is 419 g/mol. The number of nitrogens with zero attached hydrogens (tertiary/aromatic N) is 3. The molecule has 0 amide bonds. The van der Waals surface area contributed by atoms with Gasteiger partial charge in [0.2, 0.25) is 5.78 Å². The van der Waals surface area contributed by atoms with E-state index in [1.807, 2.05) is 43.3 Å². The molecule has 0 bridgehead atoms. The average Bonchev–Trinajstić information content (AvgIpc) is 3.16. The lowest BCUT2D eigenvalue weighted by Crippen LogP contribution is -2.33. The van der Waals surface area contributed by atoms with Crippen LogP contribution in [-0.4, -0.2) is 32.9 Å². The molecular formula is C23H18ClN3O3. The van der Waals surface area contributed by atoms with E-state index in [9.17, 15) is 9.59 Å². The molecule has 150 valence electrons. The normalized spacial score (nSPS) is 11.9. The van der Waals surface area contributed by atoms with Gasteiger partial charge in [0.1, 0.15) is 5.52 Å². The number of hydrogen-bond acceptors (Lipinski definition) is 5. The van der Waals surface area contributed by atoms with Crippen LogP contribution < -0.4 is 0 Å². The molecule has 0 spiro atoms. The number of hydrogen-bond donors (Lipinski definition) is 0. The number of carbonyl (C=O) groups is 2. The Labute approximate surface area is 178 Å². The van der Waals surface area contributed by atoms with Crippen LogP contribution in [0.2, 0.25) is 5.02 Å². The first-order chi connectivity index (χ1) is 14.5. The molecule has 0 aliphatic rings. The van der Waals surface area contributed by atoms with Crippen molar-refractivity contribution in [3.05, 3.63) is 94.5 Å². The molecule has 0 fully saturated rings. The van der Waals surface area contributed by atoms with Gasteiger partial charge in [0.05, 0.1) is 22.6 Å². The summed E-state index contributed by atoms with van der Waals surface area (Å²) in [5.41, 5.74) is 2.92. The Bertz CT molecular complexity index is 1240. The summed E-state index contributed by atoms with van der Waals surface area (Å²) in [5.74, 6) is -0.981. The smallest absolute Gasteiger partial charge is 0.340 e. The molecule has 1 unspecified atom stereocenters. The van der Waals surface area contributed by atoms with E-state index >= 15 is 0 Å². The molecule has 0 aliphatic carbocycles. The molecule has 4 rings (SSSR count). The van der Waals surface area contributed by atoms with E-state index < -0.39 is 12.1 Å². The van der Waals surface area contributed by atoms with Gasteiger partial charge in [-0.3, -0.25) is 4.79 Å². The number of benzene rings is 3. The number of carbonyl (C=O) groups excluding carboxylic acids is 2. The molecule has 1 aromatic heterocycles. The highest BCUT2D eigenvalue weighted by molar-refractivity contribution is 6.33. The van der Waals surface area contributed by atoms with Crippen LogP contribution in [0, 0.1) is 6.92 Å². The molecule has 1 heterocycles. The van der Waals surface area contributed by atoms with E-state index in [-0.39, 0.29) is 22.9 Å². The fraction of sp³-hybridized carbons (Fsp3) is 0.130. The minimum absolute atomic E-state index is 0.0316. The maximum Gasteiger partial charge on any atom is 0.340 e. The van der Waals surface area contributed by atoms with Crippen LogP contribution in [0.3, 0.4) is 0 Å². The first-order valence-corrected chi connectivity index (χ1v) is 9.76. The number of aromatic nitrogens is 3. The molecule has 6 nitrogen and oxygen atoms in total. The first-order valence-electron chi connectivity index (χ1n) is 9.38. The topological polar surface area (TPSA) is 74.1 Å². The van der Waals surface area contributed by atoms with Gasteiger partial charge < -0.3 is 4.74 Å². The lowest BCUT2D eigenvalue weighted by atomic mass is 10.0. The summed E-state index contributed by atoms with van der Waals surface area (Å²) in [6.07, 6.45) is -1.10. The van der Waals surface area contributed by atoms with E-state index in [1.54, 1.807) is 41.1 Å². The molecule has 0 N–H and O–H groups in total. The Morgan fingerprint density at radius 2 is 1.63 bits per heavy atom. The number of rotatable bonds is 6. The van der Waals surface area contributed by atoms with Gasteiger partial charge in [-0.25, -0.2) is 9.48 Å². The lowest BCUT2D eigenvalue weighted by Gasteiger charge is -2.18. The Hall–Kier alpha value is -3.51. The zero-order valence-corrected chi connectivity index (χ0v) is 16.9. The third-order valence-corrected chi connectivity index (χ3v) is 5.13. The minimum atomic E-state index is -1.10. The number of fused-ring (bicyclic) bond motifs is 1. The van der Waals surface area contributed by atoms with Crippen LogP contribution >= 0.6 is 11.6 Å². The Morgan fingerprint density at radius 1 is 0.967 bits per heavy atom. The van der Waals surface area contributed by atoms with Crippen LogP contribution in [0.4, 0.5) is 0 Å². The standard InChI is InChI=1S/C23H18ClN3O3/c1-15-8-2-3-9-16(15)22(28)21(30-23(29)17-10-4-5-11-18(17)24)14-27-20-13-7-6-12-19(20)25-26-27/h2-13,21H,14H2,1H3. The quantitative estimate of drug-likeness (QED) is 0.340. The number of esters is 1. The second kappa shape index (κ2) is 8.47. The van der Waals surface area contributed by atoms with Gasteiger partial charge in [-0.1, -0.05) is 65.3 Å². The van der Waals surface area contributed by atoms with Gasteiger partial charge in [0.25, 0.3) is 0 Å². The van der Waals surface area contributed by atoms with Gasteiger partial charge in [-0.15, -0.1) is 5.10 Å². The Balaban J connectivity index is 1.69. The molecule has 0 radical (unpaired) electrons. The molecule has 30 heavy (non-hydrogen) atoms. The second-order valence-electron chi connectivity index (χ2n) is 6.81. The number of aryl methyl sites for hydroxylation is 1. The third-order valence-electron chi connectivity index (χ3n) is 4.81. The van der Waals surface area contributed by atoms with E-state index in [0.717, 1.165) is 11.1 Å². The van der Waals surface area contributed by atoms with Crippen LogP contribution in [0.5, 0.6) is 0 Å². The summed E-state index contributed by atoms with van der Waals surface area (Å²) < 4.78 is 7.21. The number of halogens is 1. The molecule has 7 heteroatoms. The van der Waals surface area contributed by atoms with Crippen molar-refractivity contribution in [1.29, 1.82) is 0 Å². The molecule has 1 atom stereocenters. The summed E-state index contributed by atoms with van der Waals surface area (Å²) in [4.78, 5) is 26.1. The summed E-state index contributed by atoms with van der Waals surface area (Å²) in [6, 6.07) is 21.1. The van der Waals surface area contributed by atoms with Crippen molar-refractivity contribution < 1.29 is 14.3 Å². The lowest BCUT2D eigenvalue weighted by molar-refractivity contribution is 0.0244. The number of Topliss-reactive ketones (excluding diaryl/α,β-unsaturated/α-hetero) is 1. The highest BCUT2D eigenvalue weighted by Crippen LogP contribution is 2.20. The van der Waals surface area contributed by atoms with Gasteiger partial charge >= 0.3 is 5.97 Å². The van der Waals surface area contributed by atoms with Crippen LogP contribution in [0.25, 0.3) is 11.0 Å². The predicted octanol–water partition coefficient (Wildman–Crippen LogP) is 4.50. The van der Waals surface area contributed by atoms with Crippen LogP contribution in [0.1, 0.15) is 26.3 Å². The van der Waals surface area contributed by atoms with E-state index in [0.29, 0.717) is 11.1 Å². The average molecular weight is 420 g/mol. The molecule has 3 aromatic carbocycles. The maximum absolute atomic E-state index is 13.3. The zero-order valence-electron chi connectivity index (χ0n) is 16.2. The third kappa shape index (κ3) is 3.95. The van der Waals surface area contributed by atoms with Crippen molar-refractivity contribution in [2.24, 2.45) is 0 Å². The molecule has 4 aromatic rings. The van der Waals surface area contributed by atoms with E-state index in [1.165, 1.54) is 0 Å². The number of ether oxygens (including phenoxy) is 1.